The third kappa shape index (κ3) is 2.90. The van der Waals surface area contributed by atoms with Gasteiger partial charge in [-0.1, -0.05) is 60.7 Å². The molecule has 2 aromatic carbocycles. The molecule has 0 radical (unpaired) electrons. The van der Waals surface area contributed by atoms with Gasteiger partial charge in [-0.2, -0.15) is 0 Å². The number of rotatable bonds is 4. The third-order valence-electron chi connectivity index (χ3n) is 3.23. The van der Waals surface area contributed by atoms with Crippen molar-refractivity contribution < 1.29 is 0 Å². The number of allylic oxidation sites excluding steroid dienone is 1. The van der Waals surface area contributed by atoms with Crippen molar-refractivity contribution in [1.82, 2.24) is 5.43 Å². The van der Waals surface area contributed by atoms with Gasteiger partial charge in [-0.25, -0.2) is 0 Å². The fraction of sp³-hybridized carbons (Fsp3) is 0.0588. The lowest BCUT2D eigenvalue weighted by atomic mass is 10.0. The summed E-state index contributed by atoms with van der Waals surface area (Å²) in [6, 6.07) is 16.5. The molecule has 0 atom stereocenters. The molecule has 0 amide bonds. The molecule has 2 rings (SSSR count). The Morgan fingerprint density at radius 1 is 1.00 bits per heavy atom. The first-order valence-corrected chi connectivity index (χ1v) is 6.42. The first-order chi connectivity index (χ1) is 9.65. The molecule has 5 N–H and O–H groups in total. The van der Waals surface area contributed by atoms with Gasteiger partial charge in [-0.05, 0) is 29.7 Å². The van der Waals surface area contributed by atoms with Gasteiger partial charge in [0.05, 0.1) is 11.4 Å². The Balaban J connectivity index is 2.33. The van der Waals surface area contributed by atoms with Gasteiger partial charge in [0.1, 0.15) is 0 Å². The molecule has 0 heterocycles. The molecular formula is C17H19N3. The number of aryl methyl sites for hydroxylation is 1. The quantitative estimate of drug-likeness (QED) is 0.452. The monoisotopic (exact) mass is 265 g/mol. The highest BCUT2D eigenvalue weighted by atomic mass is 15.2. The molecule has 20 heavy (non-hydrogen) atoms. The van der Waals surface area contributed by atoms with E-state index in [0.717, 1.165) is 11.1 Å². The van der Waals surface area contributed by atoms with Crippen molar-refractivity contribution in [3.05, 3.63) is 78.0 Å². The van der Waals surface area contributed by atoms with Crippen LogP contribution in [0.3, 0.4) is 0 Å². The van der Waals surface area contributed by atoms with Gasteiger partial charge in [-0.3, -0.25) is 5.84 Å². The zero-order valence-corrected chi connectivity index (χ0v) is 11.6. The van der Waals surface area contributed by atoms with Crippen LogP contribution in [0.25, 0.3) is 16.8 Å². The van der Waals surface area contributed by atoms with Gasteiger partial charge in [0.15, 0.2) is 0 Å². The maximum Gasteiger partial charge on any atom is 0.0716 e. The number of nitrogens with one attached hydrogen (secondary N) is 1. The van der Waals surface area contributed by atoms with Crippen LogP contribution in [-0.4, -0.2) is 0 Å². The van der Waals surface area contributed by atoms with E-state index in [9.17, 15) is 0 Å². The van der Waals surface area contributed by atoms with E-state index >= 15 is 0 Å². The molecule has 0 spiro atoms. The summed E-state index contributed by atoms with van der Waals surface area (Å²) in [6.07, 6.45) is 1.60. The highest BCUT2D eigenvalue weighted by Crippen LogP contribution is 2.22. The van der Waals surface area contributed by atoms with E-state index in [-0.39, 0.29) is 0 Å². The summed E-state index contributed by atoms with van der Waals surface area (Å²) in [7, 11) is 0. The van der Waals surface area contributed by atoms with Gasteiger partial charge < -0.3 is 11.2 Å². The number of hydrogen-bond donors (Lipinski definition) is 3. The van der Waals surface area contributed by atoms with Crippen LogP contribution < -0.4 is 17.0 Å². The van der Waals surface area contributed by atoms with E-state index in [4.69, 9.17) is 11.6 Å². The Kier molecular flexibility index (Phi) is 4.23. The van der Waals surface area contributed by atoms with E-state index in [2.05, 4.69) is 43.2 Å². The van der Waals surface area contributed by atoms with Crippen LogP contribution >= 0.6 is 0 Å². The molecule has 0 fully saturated rings. The van der Waals surface area contributed by atoms with Gasteiger partial charge in [0.2, 0.25) is 0 Å². The molecule has 0 aromatic heterocycles. The van der Waals surface area contributed by atoms with Crippen LogP contribution in [-0.2, 0) is 0 Å². The molecule has 2 aromatic rings. The van der Waals surface area contributed by atoms with E-state index in [1.807, 2.05) is 24.3 Å². The second kappa shape index (κ2) is 6.08. The second-order valence-electron chi connectivity index (χ2n) is 4.62. The SMILES string of the molecule is C=C/C(NN)=C(/N)c1ccc(-c2ccc(C)cc2)cc1. The summed E-state index contributed by atoms with van der Waals surface area (Å²) < 4.78 is 0. The molecule has 0 unspecified atom stereocenters. The fourth-order valence-corrected chi connectivity index (χ4v) is 1.99. The summed E-state index contributed by atoms with van der Waals surface area (Å²) in [5.74, 6) is 5.40. The highest BCUT2D eigenvalue weighted by Gasteiger charge is 2.03. The molecule has 0 bridgehead atoms. The lowest BCUT2D eigenvalue weighted by molar-refractivity contribution is 0.917. The number of hydrogen-bond acceptors (Lipinski definition) is 3. The zero-order chi connectivity index (χ0) is 14.5. The van der Waals surface area contributed by atoms with Crippen LogP contribution in [0.2, 0.25) is 0 Å². The van der Waals surface area contributed by atoms with Crippen LogP contribution in [0.1, 0.15) is 11.1 Å². The second-order valence-corrected chi connectivity index (χ2v) is 4.62. The smallest absolute Gasteiger partial charge is 0.0716 e. The summed E-state index contributed by atoms with van der Waals surface area (Å²) in [6.45, 7) is 5.75. The maximum absolute atomic E-state index is 6.03. The highest BCUT2D eigenvalue weighted by molar-refractivity contribution is 5.71. The van der Waals surface area contributed by atoms with Gasteiger partial charge >= 0.3 is 0 Å². The third-order valence-corrected chi connectivity index (χ3v) is 3.23. The lowest BCUT2D eigenvalue weighted by Gasteiger charge is -2.09. The maximum atomic E-state index is 6.03. The van der Waals surface area contributed by atoms with Crippen molar-refractivity contribution in [2.24, 2.45) is 11.6 Å². The Labute approximate surface area is 119 Å². The zero-order valence-electron chi connectivity index (χ0n) is 11.6. The number of nitrogens with two attached hydrogens (primary N) is 2. The lowest BCUT2D eigenvalue weighted by Crippen LogP contribution is -2.23. The molecule has 0 aliphatic heterocycles. The Bertz CT molecular complexity index is 622. The van der Waals surface area contributed by atoms with Crippen molar-refractivity contribution in [1.29, 1.82) is 0 Å². The molecule has 0 aliphatic carbocycles. The molecule has 0 saturated heterocycles. The predicted octanol–water partition coefficient (Wildman–Crippen LogP) is 2.94. The molecule has 0 saturated carbocycles. The standard InChI is InChI=1S/C17H19N3/c1-3-16(20-19)17(18)15-10-8-14(9-11-15)13-6-4-12(2)5-7-13/h3-11,20H,1,18-19H2,2H3/b17-16-. The Morgan fingerprint density at radius 3 is 1.95 bits per heavy atom. The van der Waals surface area contributed by atoms with E-state index in [1.165, 1.54) is 11.1 Å². The van der Waals surface area contributed by atoms with Crippen LogP contribution in [0, 0.1) is 6.92 Å². The van der Waals surface area contributed by atoms with E-state index in [0.29, 0.717) is 11.4 Å². The minimum absolute atomic E-state index is 0.581. The normalized spacial score (nSPS) is 11.7. The Hall–Kier alpha value is -2.52. The predicted molar refractivity (Wildman–Crippen MR) is 85.2 cm³/mol. The summed E-state index contributed by atoms with van der Waals surface area (Å²) >= 11 is 0. The molecule has 3 nitrogen and oxygen atoms in total. The topological polar surface area (TPSA) is 64.1 Å². The molecule has 102 valence electrons. The van der Waals surface area contributed by atoms with Crippen LogP contribution in [0.15, 0.2) is 66.9 Å². The number of hydrazine groups is 1. The van der Waals surface area contributed by atoms with Crippen LogP contribution in [0.4, 0.5) is 0 Å². The summed E-state index contributed by atoms with van der Waals surface area (Å²) in [4.78, 5) is 0. The molecular weight excluding hydrogens is 246 g/mol. The average Bonchev–Trinajstić information content (AvgIpc) is 2.49. The van der Waals surface area contributed by atoms with Crippen molar-refractivity contribution in [3.63, 3.8) is 0 Å². The van der Waals surface area contributed by atoms with Crippen molar-refractivity contribution >= 4 is 5.70 Å². The van der Waals surface area contributed by atoms with Gasteiger partial charge in [0.25, 0.3) is 0 Å². The van der Waals surface area contributed by atoms with Gasteiger partial charge in [0, 0.05) is 0 Å². The van der Waals surface area contributed by atoms with Crippen molar-refractivity contribution in [2.75, 3.05) is 0 Å². The van der Waals surface area contributed by atoms with Crippen LogP contribution in [0.5, 0.6) is 0 Å². The van der Waals surface area contributed by atoms with E-state index < -0.39 is 0 Å². The Morgan fingerprint density at radius 2 is 1.50 bits per heavy atom. The summed E-state index contributed by atoms with van der Waals surface area (Å²) in [5, 5.41) is 0. The van der Waals surface area contributed by atoms with E-state index in [1.54, 1.807) is 6.08 Å². The first kappa shape index (κ1) is 13.9. The summed E-state index contributed by atoms with van der Waals surface area (Å²) in [5.41, 5.74) is 14.3. The van der Waals surface area contributed by atoms with Crippen molar-refractivity contribution in [3.8, 4) is 11.1 Å². The van der Waals surface area contributed by atoms with Gasteiger partial charge in [-0.15, -0.1) is 0 Å². The number of benzene rings is 2. The first-order valence-electron chi connectivity index (χ1n) is 6.42. The molecule has 0 aliphatic rings. The minimum atomic E-state index is 0.581. The minimum Gasteiger partial charge on any atom is -0.397 e. The van der Waals surface area contributed by atoms with Crippen molar-refractivity contribution in [2.45, 2.75) is 6.92 Å². The molecule has 3 heteroatoms. The fourth-order valence-electron chi connectivity index (χ4n) is 1.99. The average molecular weight is 265 g/mol. The largest absolute Gasteiger partial charge is 0.397 e.